The van der Waals surface area contributed by atoms with Crippen LogP contribution in [0.2, 0.25) is 0 Å². The lowest BCUT2D eigenvalue weighted by Crippen LogP contribution is -2.12. The average molecular weight is 364 g/mol. The van der Waals surface area contributed by atoms with Gasteiger partial charge in [-0.1, -0.05) is 0 Å². The fraction of sp³-hybridized carbons (Fsp3) is 0.105. The van der Waals surface area contributed by atoms with E-state index in [0.29, 0.717) is 22.6 Å². The monoisotopic (exact) mass is 364 g/mol. The summed E-state index contributed by atoms with van der Waals surface area (Å²) in [5.41, 5.74) is 3.06. The predicted molar refractivity (Wildman–Crippen MR) is 104 cm³/mol. The molecule has 7 heteroatoms. The summed E-state index contributed by atoms with van der Waals surface area (Å²) < 4.78 is 5.73. The molecule has 4 aromatic rings. The molecule has 3 heterocycles. The second kappa shape index (κ2) is 6.61. The molecule has 0 atom stereocenters. The molecular weight excluding hydrogens is 348 g/mol. The van der Waals surface area contributed by atoms with Gasteiger partial charge in [0.2, 0.25) is 5.89 Å². The Morgan fingerprint density at radius 2 is 1.92 bits per heavy atom. The lowest BCUT2D eigenvalue weighted by Gasteiger charge is -2.12. The van der Waals surface area contributed by atoms with Crippen LogP contribution in [-0.2, 0) is 0 Å². The van der Waals surface area contributed by atoms with Gasteiger partial charge in [-0.2, -0.15) is 0 Å². The third-order valence-electron chi connectivity index (χ3n) is 3.89. The summed E-state index contributed by atoms with van der Waals surface area (Å²) in [6, 6.07) is 13.0. The second-order valence-corrected chi connectivity index (χ2v) is 7.01. The number of nitrogens with zero attached hydrogens (tertiary/aromatic N) is 3. The first-order valence-corrected chi connectivity index (χ1v) is 8.81. The van der Waals surface area contributed by atoms with E-state index in [4.69, 9.17) is 4.42 Å². The van der Waals surface area contributed by atoms with Crippen molar-refractivity contribution in [2.75, 3.05) is 24.3 Å². The molecule has 0 bridgehead atoms. The Bertz CT molecular complexity index is 1030. The predicted octanol–water partition coefficient (Wildman–Crippen LogP) is 4.27. The minimum Gasteiger partial charge on any atom is -0.435 e. The lowest BCUT2D eigenvalue weighted by atomic mass is 10.2. The second-order valence-electron chi connectivity index (χ2n) is 5.92. The number of carbonyl (C=O) groups excluding carboxylic acids is 1. The van der Waals surface area contributed by atoms with Crippen molar-refractivity contribution in [2.24, 2.45) is 0 Å². The fourth-order valence-electron chi connectivity index (χ4n) is 2.50. The molecule has 4 rings (SSSR count). The summed E-state index contributed by atoms with van der Waals surface area (Å²) in [5.74, 6) is 0.374. The summed E-state index contributed by atoms with van der Waals surface area (Å²) in [6.07, 6.45) is 3.33. The van der Waals surface area contributed by atoms with Crippen molar-refractivity contribution in [1.29, 1.82) is 0 Å². The van der Waals surface area contributed by atoms with Crippen molar-refractivity contribution in [3.63, 3.8) is 0 Å². The number of carbonyl (C=O) groups is 1. The molecule has 3 aromatic heterocycles. The van der Waals surface area contributed by atoms with Crippen LogP contribution in [0.3, 0.4) is 0 Å². The quantitative estimate of drug-likeness (QED) is 0.585. The first kappa shape index (κ1) is 16.3. The molecule has 6 nitrogen and oxygen atoms in total. The number of oxazole rings is 1. The van der Waals surface area contributed by atoms with Crippen LogP contribution < -0.4 is 10.2 Å². The van der Waals surface area contributed by atoms with Gasteiger partial charge in [0.1, 0.15) is 5.52 Å². The van der Waals surface area contributed by atoms with Gasteiger partial charge in [-0.05, 0) is 36.4 Å². The Labute approximate surface area is 154 Å². The summed E-state index contributed by atoms with van der Waals surface area (Å²) in [4.78, 5) is 23.7. The molecule has 1 aromatic carbocycles. The van der Waals surface area contributed by atoms with Gasteiger partial charge < -0.3 is 14.6 Å². The molecule has 1 N–H and O–H groups in total. The van der Waals surface area contributed by atoms with Gasteiger partial charge in [-0.15, -0.1) is 11.3 Å². The first-order valence-electron chi connectivity index (χ1n) is 8.00. The minimum absolute atomic E-state index is 0.148. The summed E-state index contributed by atoms with van der Waals surface area (Å²) in [6.45, 7) is 0. The Balaban J connectivity index is 1.51. The number of benzene rings is 1. The molecule has 0 aliphatic carbocycles. The Hall–Kier alpha value is -3.19. The number of nitrogens with one attached hydrogen (secondary N) is 1. The van der Waals surface area contributed by atoms with Crippen LogP contribution in [0.25, 0.3) is 21.9 Å². The first-order chi connectivity index (χ1) is 12.6. The smallest absolute Gasteiger partial charge is 0.256 e. The van der Waals surface area contributed by atoms with Gasteiger partial charge in [0.15, 0.2) is 5.58 Å². The molecule has 26 heavy (non-hydrogen) atoms. The molecule has 0 fully saturated rings. The lowest BCUT2D eigenvalue weighted by molar-refractivity contribution is 0.102. The minimum atomic E-state index is -0.148. The number of amides is 1. The maximum absolute atomic E-state index is 12.4. The van der Waals surface area contributed by atoms with E-state index in [2.05, 4.69) is 15.3 Å². The number of pyridine rings is 1. The highest BCUT2D eigenvalue weighted by Gasteiger charge is 2.13. The molecule has 0 spiro atoms. The zero-order valence-electron chi connectivity index (χ0n) is 14.3. The number of hydrogen-bond acceptors (Lipinski definition) is 6. The molecule has 130 valence electrons. The number of anilines is 2. The van der Waals surface area contributed by atoms with E-state index in [0.717, 1.165) is 15.6 Å². The Kier molecular flexibility index (Phi) is 4.14. The van der Waals surface area contributed by atoms with Crippen LogP contribution in [0.1, 0.15) is 10.4 Å². The zero-order valence-corrected chi connectivity index (χ0v) is 15.1. The number of rotatable bonds is 4. The Morgan fingerprint density at radius 3 is 2.65 bits per heavy atom. The van der Waals surface area contributed by atoms with E-state index in [1.54, 1.807) is 18.5 Å². The van der Waals surface area contributed by atoms with Crippen molar-refractivity contribution in [1.82, 2.24) is 9.97 Å². The molecule has 0 aliphatic rings. The van der Waals surface area contributed by atoms with Crippen LogP contribution >= 0.6 is 11.3 Å². The van der Waals surface area contributed by atoms with Gasteiger partial charge >= 0.3 is 0 Å². The van der Waals surface area contributed by atoms with Gasteiger partial charge in [0.25, 0.3) is 5.91 Å². The zero-order chi connectivity index (χ0) is 18.1. The van der Waals surface area contributed by atoms with E-state index in [9.17, 15) is 4.79 Å². The number of thiophene rings is 1. The molecule has 0 unspecified atom stereocenters. The van der Waals surface area contributed by atoms with Crippen LogP contribution in [0.5, 0.6) is 0 Å². The largest absolute Gasteiger partial charge is 0.435 e. The van der Waals surface area contributed by atoms with E-state index in [1.807, 2.05) is 55.4 Å². The van der Waals surface area contributed by atoms with Gasteiger partial charge in [-0.3, -0.25) is 9.78 Å². The Morgan fingerprint density at radius 1 is 1.12 bits per heavy atom. The molecular formula is C19H16N4O2S. The highest BCUT2D eigenvalue weighted by Crippen LogP contribution is 2.32. The highest BCUT2D eigenvalue weighted by atomic mass is 32.1. The van der Waals surface area contributed by atoms with Crippen LogP contribution in [0.15, 0.2) is 59.3 Å². The van der Waals surface area contributed by atoms with Crippen molar-refractivity contribution < 1.29 is 9.21 Å². The third kappa shape index (κ3) is 3.16. The number of fused-ring (bicyclic) bond motifs is 1. The van der Waals surface area contributed by atoms with Crippen LogP contribution in [-0.4, -0.2) is 30.0 Å². The normalized spacial score (nSPS) is 10.8. The SMILES string of the molecule is CN(C)c1ccc(C(=O)Nc2ccc(-c3nc4cnccc4o3)s2)cc1. The van der Waals surface area contributed by atoms with Crippen molar-refractivity contribution >= 4 is 39.0 Å². The van der Waals surface area contributed by atoms with Gasteiger partial charge in [-0.25, -0.2) is 4.98 Å². The van der Waals surface area contributed by atoms with Crippen molar-refractivity contribution in [3.05, 3.63) is 60.4 Å². The third-order valence-corrected chi connectivity index (χ3v) is 4.88. The highest BCUT2D eigenvalue weighted by molar-refractivity contribution is 7.19. The number of hydrogen-bond donors (Lipinski definition) is 1. The standard InChI is InChI=1S/C19H16N4O2S/c1-23(2)13-5-3-12(4-6-13)18(24)22-17-8-7-16(26-17)19-21-14-11-20-10-9-15(14)25-19/h3-11H,1-2H3,(H,22,24). The summed E-state index contributed by atoms with van der Waals surface area (Å²) in [5, 5.41) is 3.65. The molecule has 1 amide bonds. The maximum atomic E-state index is 12.4. The topological polar surface area (TPSA) is 71.3 Å². The molecule has 0 radical (unpaired) electrons. The van der Waals surface area contributed by atoms with Crippen molar-refractivity contribution in [3.8, 4) is 10.8 Å². The molecule has 0 saturated heterocycles. The molecule has 0 aliphatic heterocycles. The van der Waals surface area contributed by atoms with Gasteiger partial charge in [0.05, 0.1) is 16.1 Å². The van der Waals surface area contributed by atoms with E-state index in [-0.39, 0.29) is 5.91 Å². The average Bonchev–Trinajstić information content (AvgIpc) is 3.28. The van der Waals surface area contributed by atoms with Crippen LogP contribution in [0, 0.1) is 0 Å². The van der Waals surface area contributed by atoms with Crippen LogP contribution in [0.4, 0.5) is 10.7 Å². The fourth-order valence-corrected chi connectivity index (χ4v) is 3.33. The van der Waals surface area contributed by atoms with E-state index >= 15 is 0 Å². The summed E-state index contributed by atoms with van der Waals surface area (Å²) >= 11 is 1.42. The molecule has 0 saturated carbocycles. The van der Waals surface area contributed by atoms with E-state index < -0.39 is 0 Å². The van der Waals surface area contributed by atoms with Crippen molar-refractivity contribution in [2.45, 2.75) is 0 Å². The van der Waals surface area contributed by atoms with Gasteiger partial charge in [0, 0.05) is 37.6 Å². The summed E-state index contributed by atoms with van der Waals surface area (Å²) in [7, 11) is 3.93. The van der Waals surface area contributed by atoms with E-state index in [1.165, 1.54) is 11.3 Å². The number of aromatic nitrogens is 2. The maximum Gasteiger partial charge on any atom is 0.256 e.